The molecule has 7 aromatic carbocycles. The van der Waals surface area contributed by atoms with Gasteiger partial charge < -0.3 is 9.13 Å². The Balaban J connectivity index is 1.35. The van der Waals surface area contributed by atoms with E-state index in [0.717, 1.165) is 63.9 Å². The molecule has 0 saturated heterocycles. The van der Waals surface area contributed by atoms with E-state index < -0.39 is 0 Å². The lowest BCUT2D eigenvalue weighted by Gasteiger charge is -2.10. The minimum absolute atomic E-state index is 0.0150. The summed E-state index contributed by atoms with van der Waals surface area (Å²) in [6.45, 7) is 0. The van der Waals surface area contributed by atoms with Gasteiger partial charge in [0.2, 0.25) is 0 Å². The Kier molecular flexibility index (Phi) is 7.37. The van der Waals surface area contributed by atoms with Crippen LogP contribution in [0.1, 0.15) is 31.8 Å². The van der Waals surface area contributed by atoms with E-state index in [1.165, 1.54) is 0 Å². The topological polar surface area (TPSA) is 44.0 Å². The molecule has 0 amide bonds. The number of carbonyl (C=O) groups is 2. The van der Waals surface area contributed by atoms with Crippen LogP contribution >= 0.6 is 31.9 Å². The molecule has 0 aliphatic rings. The summed E-state index contributed by atoms with van der Waals surface area (Å²) < 4.78 is 6.47. The van der Waals surface area contributed by atoms with Crippen LogP contribution in [0.3, 0.4) is 0 Å². The van der Waals surface area contributed by atoms with E-state index in [4.69, 9.17) is 0 Å². The average molecular weight is 775 g/mol. The molecule has 0 saturated carbocycles. The molecule has 0 aliphatic heterocycles. The maximum atomic E-state index is 13.6. The molecule has 2 aromatic heterocycles. The van der Waals surface area contributed by atoms with Gasteiger partial charge >= 0.3 is 0 Å². The summed E-state index contributed by atoms with van der Waals surface area (Å²) in [5, 5.41) is 4.22. The van der Waals surface area contributed by atoms with Crippen molar-refractivity contribution in [3.63, 3.8) is 0 Å². The molecule has 0 radical (unpaired) electrons. The van der Waals surface area contributed by atoms with Gasteiger partial charge in [-0.2, -0.15) is 0 Å². The zero-order chi connectivity index (χ0) is 33.9. The number of rotatable bonds is 6. The first-order valence-electron chi connectivity index (χ1n) is 16.2. The fourth-order valence-corrected chi connectivity index (χ4v) is 7.59. The van der Waals surface area contributed by atoms with Crippen molar-refractivity contribution in [2.45, 2.75) is 0 Å². The maximum Gasteiger partial charge on any atom is 0.193 e. The first-order valence-corrected chi connectivity index (χ1v) is 17.8. The van der Waals surface area contributed by atoms with Crippen LogP contribution in [0.25, 0.3) is 55.0 Å². The van der Waals surface area contributed by atoms with E-state index in [1.807, 2.05) is 109 Å². The number of halogens is 2. The second kappa shape index (κ2) is 12.1. The second-order valence-corrected chi connectivity index (χ2v) is 14.2. The standard InChI is InChI=1S/C44H26Br2N2O2/c45-31-13-17-33(18-14-31)47-39-23-29(43(49)27-7-3-1-4-8-27)11-21-35(39)37-25-42-38(26-41(37)47)36-22-12-30(44(50)28-9-5-2-6-10-28)24-40(36)48(42)34-19-15-32(46)16-20-34/h1-26H. The number of carbonyl (C=O) groups excluding carboxylic acids is 2. The van der Waals surface area contributed by atoms with Gasteiger partial charge in [0.05, 0.1) is 22.1 Å². The molecule has 6 heteroatoms. The number of benzene rings is 7. The zero-order valence-corrected chi connectivity index (χ0v) is 29.6. The summed E-state index contributed by atoms with van der Waals surface area (Å²) in [5.41, 5.74) is 8.52. The fourth-order valence-electron chi connectivity index (χ4n) is 7.06. The van der Waals surface area contributed by atoms with E-state index >= 15 is 0 Å². The first-order chi connectivity index (χ1) is 24.4. The number of ketones is 2. The van der Waals surface area contributed by atoms with Gasteiger partial charge in [-0.3, -0.25) is 9.59 Å². The monoisotopic (exact) mass is 772 g/mol. The summed E-state index contributed by atoms with van der Waals surface area (Å²) in [6.07, 6.45) is 0. The Hall–Kier alpha value is -5.56. The largest absolute Gasteiger partial charge is 0.309 e. The maximum absolute atomic E-state index is 13.6. The number of hydrogen-bond donors (Lipinski definition) is 0. The Morgan fingerprint density at radius 2 is 0.720 bits per heavy atom. The van der Waals surface area contributed by atoms with Crippen molar-refractivity contribution in [2.75, 3.05) is 0 Å². The molecule has 0 fully saturated rings. The highest BCUT2D eigenvalue weighted by Gasteiger charge is 2.21. The van der Waals surface area contributed by atoms with E-state index in [1.54, 1.807) is 0 Å². The van der Waals surface area contributed by atoms with Gasteiger partial charge in [-0.15, -0.1) is 0 Å². The summed E-state index contributed by atoms with van der Waals surface area (Å²) in [6, 6.07) is 51.8. The molecule has 0 unspecified atom stereocenters. The molecule has 0 bridgehead atoms. The predicted molar refractivity (Wildman–Crippen MR) is 210 cm³/mol. The molecule has 238 valence electrons. The predicted octanol–water partition coefficient (Wildman–Crippen LogP) is 11.9. The van der Waals surface area contributed by atoms with Gasteiger partial charge in [0.1, 0.15) is 0 Å². The lowest BCUT2D eigenvalue weighted by molar-refractivity contribution is 0.103. The van der Waals surface area contributed by atoms with Crippen LogP contribution in [0.15, 0.2) is 167 Å². The Labute approximate surface area is 304 Å². The normalized spacial score (nSPS) is 11.6. The van der Waals surface area contributed by atoms with Crippen LogP contribution in [0.5, 0.6) is 0 Å². The summed E-state index contributed by atoms with van der Waals surface area (Å²) >= 11 is 7.20. The minimum Gasteiger partial charge on any atom is -0.309 e. The average Bonchev–Trinajstić information content (AvgIpc) is 3.65. The molecular formula is C44H26Br2N2O2. The highest BCUT2D eigenvalue weighted by atomic mass is 79.9. The molecule has 50 heavy (non-hydrogen) atoms. The number of aromatic nitrogens is 2. The van der Waals surface area contributed by atoms with Crippen LogP contribution in [-0.2, 0) is 0 Å². The van der Waals surface area contributed by atoms with Crippen LogP contribution < -0.4 is 0 Å². The van der Waals surface area contributed by atoms with Gasteiger partial charge in [0, 0.05) is 64.1 Å². The SMILES string of the molecule is O=C(c1ccccc1)c1ccc2c3cc4c(cc3n(-c3ccc(Br)cc3)c2c1)c1ccc(C(=O)c2ccccc2)cc1n4-c1ccc(Br)cc1. The number of nitrogens with zero attached hydrogens (tertiary/aromatic N) is 2. The fraction of sp³-hybridized carbons (Fsp3) is 0. The van der Waals surface area contributed by atoms with E-state index in [2.05, 4.69) is 89.5 Å². The summed E-state index contributed by atoms with van der Waals surface area (Å²) in [4.78, 5) is 27.3. The molecule has 0 aliphatic carbocycles. The smallest absolute Gasteiger partial charge is 0.193 e. The molecule has 0 atom stereocenters. The van der Waals surface area contributed by atoms with Gasteiger partial charge in [0.25, 0.3) is 0 Å². The van der Waals surface area contributed by atoms with Crippen LogP contribution in [0.2, 0.25) is 0 Å². The van der Waals surface area contributed by atoms with Crippen molar-refractivity contribution in [3.8, 4) is 11.4 Å². The second-order valence-electron chi connectivity index (χ2n) is 12.4. The van der Waals surface area contributed by atoms with Gasteiger partial charge in [-0.1, -0.05) is 117 Å². The number of fused-ring (bicyclic) bond motifs is 6. The van der Waals surface area contributed by atoms with Crippen molar-refractivity contribution >= 4 is 87.0 Å². The van der Waals surface area contributed by atoms with Crippen molar-refractivity contribution in [2.24, 2.45) is 0 Å². The van der Waals surface area contributed by atoms with Gasteiger partial charge in [0.15, 0.2) is 11.6 Å². The molecule has 0 spiro atoms. The molecule has 2 heterocycles. The molecule has 9 rings (SSSR count). The van der Waals surface area contributed by atoms with Crippen LogP contribution in [0, 0.1) is 0 Å². The summed E-state index contributed by atoms with van der Waals surface area (Å²) in [5.74, 6) is -0.0300. The van der Waals surface area contributed by atoms with E-state index in [-0.39, 0.29) is 11.6 Å². The van der Waals surface area contributed by atoms with Crippen LogP contribution in [0.4, 0.5) is 0 Å². The van der Waals surface area contributed by atoms with E-state index in [9.17, 15) is 9.59 Å². The Bertz CT molecular complexity index is 2590. The Morgan fingerprint density at radius 1 is 0.360 bits per heavy atom. The minimum atomic E-state index is -0.0150. The highest BCUT2D eigenvalue weighted by molar-refractivity contribution is 9.10. The van der Waals surface area contributed by atoms with E-state index in [0.29, 0.717) is 22.3 Å². The Morgan fingerprint density at radius 3 is 1.10 bits per heavy atom. The third kappa shape index (κ3) is 5.02. The molecule has 9 aromatic rings. The molecular weight excluding hydrogens is 748 g/mol. The van der Waals surface area contributed by atoms with Crippen molar-refractivity contribution in [1.29, 1.82) is 0 Å². The first kappa shape index (κ1) is 30.5. The molecule has 0 N–H and O–H groups in total. The lowest BCUT2D eigenvalue weighted by Crippen LogP contribution is -2.01. The summed E-state index contributed by atoms with van der Waals surface area (Å²) in [7, 11) is 0. The number of hydrogen-bond acceptors (Lipinski definition) is 2. The quantitative estimate of drug-likeness (QED) is 0.158. The van der Waals surface area contributed by atoms with Gasteiger partial charge in [-0.25, -0.2) is 0 Å². The van der Waals surface area contributed by atoms with Crippen LogP contribution in [-0.4, -0.2) is 20.7 Å². The zero-order valence-electron chi connectivity index (χ0n) is 26.5. The highest BCUT2D eigenvalue weighted by Crippen LogP contribution is 2.40. The lowest BCUT2D eigenvalue weighted by atomic mass is 10.0. The third-order valence-corrected chi connectivity index (χ3v) is 10.5. The van der Waals surface area contributed by atoms with Crippen molar-refractivity contribution in [1.82, 2.24) is 9.13 Å². The molecule has 4 nitrogen and oxygen atoms in total. The van der Waals surface area contributed by atoms with Crippen molar-refractivity contribution < 1.29 is 9.59 Å². The van der Waals surface area contributed by atoms with Crippen molar-refractivity contribution in [3.05, 3.63) is 189 Å². The van der Waals surface area contributed by atoms with Gasteiger partial charge in [-0.05, 0) is 72.8 Å². The third-order valence-electron chi connectivity index (χ3n) is 9.42.